The summed E-state index contributed by atoms with van der Waals surface area (Å²) in [6.45, 7) is 0.0602. The fourth-order valence-corrected chi connectivity index (χ4v) is 0.953. The minimum Gasteiger partial charge on any atom is -0.479 e. The van der Waals surface area contributed by atoms with E-state index in [1.54, 1.807) is 0 Å². The molecular formula is C5H8N2O4. The molecule has 0 aromatic heterocycles. The Labute approximate surface area is 62.7 Å². The van der Waals surface area contributed by atoms with Crippen molar-refractivity contribution in [1.29, 1.82) is 0 Å². The van der Waals surface area contributed by atoms with Crippen LogP contribution in [0, 0.1) is 4.91 Å². The van der Waals surface area contributed by atoms with Gasteiger partial charge in [-0.15, -0.1) is 4.91 Å². The highest BCUT2D eigenvalue weighted by molar-refractivity contribution is 5.79. The van der Waals surface area contributed by atoms with Crippen molar-refractivity contribution >= 4 is 5.97 Å². The Balaban J connectivity index is 2.56. The average molecular weight is 160 g/mol. The maximum atomic E-state index is 10.5. The van der Waals surface area contributed by atoms with Crippen molar-refractivity contribution in [2.24, 2.45) is 5.29 Å². The standard InChI is InChI=1S/C5H8N2O4/c1-11-5(4(8)9)2-7(3-5)6-10/h2-3H2,1H3,(H,8,9). The van der Waals surface area contributed by atoms with Gasteiger partial charge < -0.3 is 9.84 Å². The number of carboxylic acid groups (broad SMARTS) is 1. The van der Waals surface area contributed by atoms with Crippen LogP contribution in [-0.2, 0) is 9.53 Å². The van der Waals surface area contributed by atoms with E-state index in [1.165, 1.54) is 7.11 Å². The lowest BCUT2D eigenvalue weighted by Crippen LogP contribution is -2.65. The van der Waals surface area contributed by atoms with Crippen molar-refractivity contribution in [3.63, 3.8) is 0 Å². The van der Waals surface area contributed by atoms with Gasteiger partial charge in [0.25, 0.3) is 0 Å². The average Bonchev–Trinajstić information content (AvgIpc) is 1.86. The summed E-state index contributed by atoms with van der Waals surface area (Å²) in [5.41, 5.74) is -1.21. The number of rotatable bonds is 3. The minimum absolute atomic E-state index is 0.0301. The third-order valence-corrected chi connectivity index (χ3v) is 1.77. The van der Waals surface area contributed by atoms with Gasteiger partial charge in [-0.25, -0.2) is 4.79 Å². The number of carboxylic acids is 1. The highest BCUT2D eigenvalue weighted by Crippen LogP contribution is 2.24. The summed E-state index contributed by atoms with van der Waals surface area (Å²) in [4.78, 5) is 20.3. The van der Waals surface area contributed by atoms with E-state index in [0.717, 1.165) is 5.01 Å². The second-order valence-corrected chi connectivity index (χ2v) is 2.41. The minimum atomic E-state index is -1.21. The largest absolute Gasteiger partial charge is 0.479 e. The normalized spacial score (nSPS) is 20.6. The number of carbonyl (C=O) groups is 1. The van der Waals surface area contributed by atoms with Gasteiger partial charge in [-0.3, -0.25) is 5.01 Å². The predicted octanol–water partition coefficient (Wildman–Crippen LogP) is -0.547. The molecule has 0 bridgehead atoms. The van der Waals surface area contributed by atoms with Crippen LogP contribution in [0.1, 0.15) is 0 Å². The molecule has 0 amide bonds. The lowest BCUT2D eigenvalue weighted by molar-refractivity contribution is -0.185. The molecule has 0 aromatic rings. The van der Waals surface area contributed by atoms with E-state index in [0.29, 0.717) is 0 Å². The fourth-order valence-electron chi connectivity index (χ4n) is 0.953. The van der Waals surface area contributed by atoms with Crippen LogP contribution in [-0.4, -0.2) is 41.9 Å². The second kappa shape index (κ2) is 2.46. The number of aliphatic carboxylic acids is 1. The zero-order chi connectivity index (χ0) is 8.48. The molecule has 0 spiro atoms. The van der Waals surface area contributed by atoms with Gasteiger partial charge in [0.15, 0.2) is 0 Å². The van der Waals surface area contributed by atoms with Crippen LogP contribution in [0.5, 0.6) is 0 Å². The van der Waals surface area contributed by atoms with E-state index in [1.807, 2.05) is 0 Å². The zero-order valence-corrected chi connectivity index (χ0v) is 5.98. The molecule has 11 heavy (non-hydrogen) atoms. The molecule has 6 nitrogen and oxygen atoms in total. The van der Waals surface area contributed by atoms with E-state index in [9.17, 15) is 9.70 Å². The van der Waals surface area contributed by atoms with Crippen LogP contribution < -0.4 is 0 Å². The number of hydrogen-bond acceptors (Lipinski definition) is 4. The van der Waals surface area contributed by atoms with Crippen molar-refractivity contribution < 1.29 is 14.6 Å². The van der Waals surface area contributed by atoms with E-state index >= 15 is 0 Å². The molecule has 1 N–H and O–H groups in total. The Kier molecular flexibility index (Phi) is 1.77. The third kappa shape index (κ3) is 1.05. The van der Waals surface area contributed by atoms with Gasteiger partial charge in [0.05, 0.1) is 18.4 Å². The first kappa shape index (κ1) is 7.93. The van der Waals surface area contributed by atoms with Crippen LogP contribution in [0.3, 0.4) is 0 Å². The van der Waals surface area contributed by atoms with Crippen molar-refractivity contribution in [2.75, 3.05) is 20.2 Å². The molecule has 1 aliphatic heterocycles. The van der Waals surface area contributed by atoms with Crippen molar-refractivity contribution in [2.45, 2.75) is 5.60 Å². The third-order valence-electron chi connectivity index (χ3n) is 1.77. The monoisotopic (exact) mass is 160 g/mol. The molecule has 0 aliphatic carbocycles. The van der Waals surface area contributed by atoms with Gasteiger partial charge in [-0.05, 0) is 0 Å². The number of ether oxygens (including phenoxy) is 1. The first-order valence-electron chi connectivity index (χ1n) is 3.01. The molecule has 62 valence electrons. The summed E-state index contributed by atoms with van der Waals surface area (Å²) in [6, 6.07) is 0. The number of nitrogens with zero attached hydrogens (tertiary/aromatic N) is 2. The molecule has 0 radical (unpaired) electrons. The van der Waals surface area contributed by atoms with Crippen LogP contribution >= 0.6 is 0 Å². The summed E-state index contributed by atoms with van der Waals surface area (Å²) >= 11 is 0. The van der Waals surface area contributed by atoms with Crippen LogP contribution in [0.2, 0.25) is 0 Å². The predicted molar refractivity (Wildman–Crippen MR) is 34.7 cm³/mol. The first-order chi connectivity index (χ1) is 5.14. The molecule has 0 atom stereocenters. The highest BCUT2D eigenvalue weighted by Gasteiger charge is 2.51. The maximum absolute atomic E-state index is 10.5. The lowest BCUT2D eigenvalue weighted by atomic mass is 9.96. The Morgan fingerprint density at radius 2 is 2.27 bits per heavy atom. The summed E-state index contributed by atoms with van der Waals surface area (Å²) in [7, 11) is 1.30. The lowest BCUT2D eigenvalue weighted by Gasteiger charge is -2.41. The Morgan fingerprint density at radius 3 is 2.55 bits per heavy atom. The molecule has 0 aromatic carbocycles. The topological polar surface area (TPSA) is 79.2 Å². The van der Waals surface area contributed by atoms with Gasteiger partial charge >= 0.3 is 5.97 Å². The van der Waals surface area contributed by atoms with Gasteiger partial charge in [0.1, 0.15) is 0 Å². The smallest absolute Gasteiger partial charge is 0.339 e. The molecule has 0 unspecified atom stereocenters. The molecule has 0 saturated carbocycles. The van der Waals surface area contributed by atoms with Gasteiger partial charge in [-0.1, -0.05) is 0 Å². The quantitative estimate of drug-likeness (QED) is 0.560. The maximum Gasteiger partial charge on any atom is 0.339 e. The van der Waals surface area contributed by atoms with E-state index in [4.69, 9.17) is 9.84 Å². The van der Waals surface area contributed by atoms with Crippen molar-refractivity contribution in [3.05, 3.63) is 4.91 Å². The van der Waals surface area contributed by atoms with Gasteiger partial charge in [-0.2, -0.15) is 0 Å². The summed E-state index contributed by atoms with van der Waals surface area (Å²) in [5.74, 6) is -1.06. The van der Waals surface area contributed by atoms with E-state index < -0.39 is 11.6 Å². The number of hydrogen-bond donors (Lipinski definition) is 1. The Bertz CT molecular complexity index is 187. The van der Waals surface area contributed by atoms with Crippen LogP contribution in [0.25, 0.3) is 0 Å². The van der Waals surface area contributed by atoms with Crippen molar-refractivity contribution in [3.8, 4) is 0 Å². The van der Waals surface area contributed by atoms with Crippen molar-refractivity contribution in [1.82, 2.24) is 5.01 Å². The first-order valence-corrected chi connectivity index (χ1v) is 3.01. The Morgan fingerprint density at radius 1 is 1.73 bits per heavy atom. The zero-order valence-electron chi connectivity index (χ0n) is 5.98. The molecule has 1 heterocycles. The molecule has 1 aliphatic rings. The molecule has 6 heteroatoms. The number of nitroso groups, excluding NO2 is 1. The highest BCUT2D eigenvalue weighted by atomic mass is 16.5. The molecule has 1 saturated heterocycles. The number of methoxy groups -OCH3 is 1. The van der Waals surface area contributed by atoms with Gasteiger partial charge in [0.2, 0.25) is 5.60 Å². The summed E-state index contributed by atoms with van der Waals surface area (Å²) in [5, 5.41) is 12.3. The fraction of sp³-hybridized carbons (Fsp3) is 0.800. The SMILES string of the molecule is COC1(C(=O)O)CN(N=O)C1. The molecular weight excluding hydrogens is 152 g/mol. The van der Waals surface area contributed by atoms with Crippen LogP contribution in [0.4, 0.5) is 0 Å². The summed E-state index contributed by atoms with van der Waals surface area (Å²) < 4.78 is 4.73. The molecule has 1 rings (SSSR count). The van der Waals surface area contributed by atoms with Crippen LogP contribution in [0.15, 0.2) is 5.29 Å². The summed E-state index contributed by atoms with van der Waals surface area (Å²) in [6.07, 6.45) is 0. The second-order valence-electron chi connectivity index (χ2n) is 2.41. The molecule has 1 fully saturated rings. The van der Waals surface area contributed by atoms with E-state index in [-0.39, 0.29) is 13.1 Å². The Hall–Kier alpha value is -1.17. The van der Waals surface area contributed by atoms with E-state index in [2.05, 4.69) is 5.29 Å². The van der Waals surface area contributed by atoms with Gasteiger partial charge in [0, 0.05) is 7.11 Å².